The van der Waals surface area contributed by atoms with Crippen LogP contribution >= 0.6 is 0 Å². The zero-order valence-corrected chi connectivity index (χ0v) is 10.3. The van der Waals surface area contributed by atoms with E-state index in [0.717, 1.165) is 12.0 Å². The molecule has 0 aliphatic heterocycles. The SMILES string of the molecule is CCC1=CCC(N)(c2c(F)c(F)cc(F)c2F)C=C1. The monoisotopic (exact) mass is 271 g/mol. The maximum absolute atomic E-state index is 13.7. The van der Waals surface area contributed by atoms with Gasteiger partial charge in [-0.1, -0.05) is 30.7 Å². The minimum Gasteiger partial charge on any atom is -0.318 e. The largest absolute Gasteiger partial charge is 0.318 e. The van der Waals surface area contributed by atoms with Crippen LogP contribution in [0.4, 0.5) is 17.6 Å². The Bertz CT molecular complexity index is 551. The predicted molar refractivity (Wildman–Crippen MR) is 64.3 cm³/mol. The third-order valence-electron chi connectivity index (χ3n) is 3.28. The summed E-state index contributed by atoms with van der Waals surface area (Å²) in [6, 6.07) is 0.178. The summed E-state index contributed by atoms with van der Waals surface area (Å²) in [4.78, 5) is 0. The van der Waals surface area contributed by atoms with E-state index in [1.165, 1.54) is 6.08 Å². The van der Waals surface area contributed by atoms with Crippen LogP contribution in [0.1, 0.15) is 25.3 Å². The molecule has 1 aromatic carbocycles. The third kappa shape index (κ3) is 2.30. The van der Waals surface area contributed by atoms with Gasteiger partial charge >= 0.3 is 0 Å². The Kier molecular flexibility index (Phi) is 3.49. The molecule has 0 bridgehead atoms. The lowest BCUT2D eigenvalue weighted by Gasteiger charge is -2.29. The Morgan fingerprint density at radius 2 is 1.74 bits per heavy atom. The maximum atomic E-state index is 13.7. The highest BCUT2D eigenvalue weighted by Gasteiger charge is 2.34. The molecule has 1 aromatic rings. The fourth-order valence-electron chi connectivity index (χ4n) is 2.12. The van der Waals surface area contributed by atoms with Gasteiger partial charge in [0.2, 0.25) is 0 Å². The number of allylic oxidation sites excluding steroid dienone is 2. The standard InChI is InChI=1S/C14H13F4N/c1-2-8-3-5-14(19,6-4-8)11-12(17)9(15)7-10(16)13(11)18/h3-5,7H,2,6,19H2,1H3. The highest BCUT2D eigenvalue weighted by Crippen LogP contribution is 2.34. The Morgan fingerprint density at radius 3 is 2.16 bits per heavy atom. The molecule has 1 aliphatic carbocycles. The lowest BCUT2D eigenvalue weighted by molar-refractivity contribution is 0.400. The van der Waals surface area contributed by atoms with E-state index in [1.807, 2.05) is 6.92 Å². The first kappa shape index (κ1) is 13.8. The highest BCUT2D eigenvalue weighted by molar-refractivity contribution is 5.39. The highest BCUT2D eigenvalue weighted by atomic mass is 19.2. The second-order valence-electron chi connectivity index (χ2n) is 4.55. The van der Waals surface area contributed by atoms with Gasteiger partial charge in [-0.2, -0.15) is 0 Å². The molecule has 0 heterocycles. The zero-order valence-electron chi connectivity index (χ0n) is 10.3. The second kappa shape index (κ2) is 4.81. The molecule has 0 amide bonds. The molecule has 1 nitrogen and oxygen atoms in total. The van der Waals surface area contributed by atoms with Gasteiger partial charge in [0.15, 0.2) is 23.3 Å². The Balaban J connectivity index is 2.55. The van der Waals surface area contributed by atoms with Crippen molar-refractivity contribution in [1.82, 2.24) is 0 Å². The van der Waals surface area contributed by atoms with E-state index in [4.69, 9.17) is 5.73 Å². The molecular formula is C14H13F4N. The summed E-state index contributed by atoms with van der Waals surface area (Å²) in [5, 5.41) is 0. The van der Waals surface area contributed by atoms with Gasteiger partial charge in [0.1, 0.15) is 0 Å². The summed E-state index contributed by atoms with van der Waals surface area (Å²) < 4.78 is 53.9. The van der Waals surface area contributed by atoms with Gasteiger partial charge in [-0.3, -0.25) is 0 Å². The lowest BCUT2D eigenvalue weighted by atomic mass is 9.82. The fraction of sp³-hybridized carbons (Fsp3) is 0.286. The second-order valence-corrected chi connectivity index (χ2v) is 4.55. The first-order valence-corrected chi connectivity index (χ1v) is 5.89. The topological polar surface area (TPSA) is 26.0 Å². The van der Waals surface area contributed by atoms with Crippen molar-refractivity contribution < 1.29 is 17.6 Å². The molecule has 102 valence electrons. The fourth-order valence-corrected chi connectivity index (χ4v) is 2.12. The summed E-state index contributed by atoms with van der Waals surface area (Å²) in [6.45, 7) is 1.92. The van der Waals surface area contributed by atoms with E-state index >= 15 is 0 Å². The van der Waals surface area contributed by atoms with Crippen LogP contribution in [0.15, 0.2) is 29.9 Å². The number of benzene rings is 1. The molecule has 0 saturated heterocycles. The Morgan fingerprint density at radius 1 is 1.16 bits per heavy atom. The Labute approximate surface area is 108 Å². The van der Waals surface area contributed by atoms with E-state index in [0.29, 0.717) is 0 Å². The first-order valence-electron chi connectivity index (χ1n) is 5.89. The van der Waals surface area contributed by atoms with Gasteiger partial charge in [-0.25, -0.2) is 17.6 Å². The normalized spacial score (nSPS) is 22.5. The average molecular weight is 271 g/mol. The van der Waals surface area contributed by atoms with Crippen LogP contribution in [0.3, 0.4) is 0 Å². The Hall–Kier alpha value is -1.62. The molecule has 1 unspecified atom stereocenters. The zero-order chi connectivity index (χ0) is 14.2. The molecule has 1 atom stereocenters. The predicted octanol–water partition coefficient (Wildman–Crippen LogP) is 3.69. The van der Waals surface area contributed by atoms with Crippen LogP contribution in [0.5, 0.6) is 0 Å². The van der Waals surface area contributed by atoms with Crippen LogP contribution in [0.2, 0.25) is 0 Å². The summed E-state index contributed by atoms with van der Waals surface area (Å²) >= 11 is 0. The summed E-state index contributed by atoms with van der Waals surface area (Å²) in [6.07, 6.45) is 5.54. The average Bonchev–Trinajstić information content (AvgIpc) is 2.37. The van der Waals surface area contributed by atoms with Crippen molar-refractivity contribution in [2.75, 3.05) is 0 Å². The lowest BCUT2D eigenvalue weighted by Crippen LogP contribution is -2.38. The smallest absolute Gasteiger partial charge is 0.167 e. The van der Waals surface area contributed by atoms with E-state index in [2.05, 4.69) is 0 Å². The molecule has 0 saturated carbocycles. The molecule has 5 heteroatoms. The molecule has 0 aromatic heterocycles. The molecule has 1 aliphatic rings. The van der Waals surface area contributed by atoms with E-state index in [1.54, 1.807) is 12.2 Å². The van der Waals surface area contributed by atoms with Crippen LogP contribution < -0.4 is 5.73 Å². The van der Waals surface area contributed by atoms with E-state index in [-0.39, 0.29) is 12.5 Å². The van der Waals surface area contributed by atoms with E-state index < -0.39 is 34.4 Å². The van der Waals surface area contributed by atoms with Crippen molar-refractivity contribution in [2.24, 2.45) is 5.73 Å². The number of hydrogen-bond acceptors (Lipinski definition) is 1. The van der Waals surface area contributed by atoms with Crippen molar-refractivity contribution in [3.63, 3.8) is 0 Å². The minimum absolute atomic E-state index is 0.0867. The van der Waals surface area contributed by atoms with Crippen molar-refractivity contribution in [3.05, 3.63) is 58.7 Å². The first-order chi connectivity index (χ1) is 8.89. The maximum Gasteiger partial charge on any atom is 0.167 e. The van der Waals surface area contributed by atoms with Gasteiger partial charge in [0.05, 0.1) is 11.1 Å². The number of nitrogens with two attached hydrogens (primary N) is 1. The minimum atomic E-state index is -1.57. The van der Waals surface area contributed by atoms with Crippen molar-refractivity contribution in [1.29, 1.82) is 0 Å². The van der Waals surface area contributed by atoms with Crippen LogP contribution in [-0.2, 0) is 5.54 Å². The van der Waals surface area contributed by atoms with Gasteiger partial charge in [-0.15, -0.1) is 0 Å². The summed E-state index contributed by atoms with van der Waals surface area (Å²) in [5.74, 6) is -5.78. The number of hydrogen-bond donors (Lipinski definition) is 1. The molecule has 0 spiro atoms. The van der Waals surface area contributed by atoms with Gasteiger partial charge in [0, 0.05) is 6.07 Å². The summed E-state index contributed by atoms with van der Waals surface area (Å²) in [5.41, 5.74) is 4.50. The van der Waals surface area contributed by atoms with E-state index in [9.17, 15) is 17.6 Å². The molecular weight excluding hydrogens is 258 g/mol. The van der Waals surface area contributed by atoms with Gasteiger partial charge < -0.3 is 5.73 Å². The van der Waals surface area contributed by atoms with Crippen LogP contribution in [-0.4, -0.2) is 0 Å². The van der Waals surface area contributed by atoms with Gasteiger partial charge in [0.25, 0.3) is 0 Å². The molecule has 2 N–H and O–H groups in total. The summed E-state index contributed by atoms with van der Waals surface area (Å²) in [7, 11) is 0. The van der Waals surface area contributed by atoms with Crippen molar-refractivity contribution in [3.8, 4) is 0 Å². The molecule has 19 heavy (non-hydrogen) atoms. The third-order valence-corrected chi connectivity index (χ3v) is 3.28. The van der Waals surface area contributed by atoms with Crippen molar-refractivity contribution >= 4 is 0 Å². The van der Waals surface area contributed by atoms with Crippen molar-refractivity contribution in [2.45, 2.75) is 25.3 Å². The number of rotatable bonds is 2. The van der Waals surface area contributed by atoms with Gasteiger partial charge in [-0.05, 0) is 12.8 Å². The molecule has 0 fully saturated rings. The molecule has 0 radical (unpaired) electrons. The van der Waals surface area contributed by atoms with Crippen LogP contribution in [0.25, 0.3) is 0 Å². The number of halogens is 4. The molecule has 2 rings (SSSR count). The quantitative estimate of drug-likeness (QED) is 0.644. The van der Waals surface area contributed by atoms with Crippen LogP contribution in [0, 0.1) is 23.3 Å².